The van der Waals surface area contributed by atoms with Crippen LogP contribution in [0.15, 0.2) is 6.20 Å². The summed E-state index contributed by atoms with van der Waals surface area (Å²) in [5.74, 6) is 0.212. The van der Waals surface area contributed by atoms with Crippen molar-refractivity contribution in [3.63, 3.8) is 0 Å². The summed E-state index contributed by atoms with van der Waals surface area (Å²) in [7, 11) is 0. The van der Waals surface area contributed by atoms with Gasteiger partial charge in [0.15, 0.2) is 0 Å². The third-order valence-electron chi connectivity index (χ3n) is 3.18. The topological polar surface area (TPSA) is 84.2 Å². The molecular formula is C13H22N4O2. The summed E-state index contributed by atoms with van der Waals surface area (Å²) in [6, 6.07) is 0. The van der Waals surface area contributed by atoms with E-state index in [2.05, 4.69) is 10.2 Å². The standard InChI is InChI=1S/C13H22N4O2/c1-13(2,3)19-12(18)17-6-4-5-9(8-17)11-10(14)7-15-16-11/h7,9H,4-6,8,14H2,1-3H3,(H,15,16). The van der Waals surface area contributed by atoms with Crippen molar-refractivity contribution < 1.29 is 9.53 Å². The Morgan fingerprint density at radius 3 is 2.89 bits per heavy atom. The molecule has 1 unspecified atom stereocenters. The molecule has 1 fully saturated rings. The summed E-state index contributed by atoms with van der Waals surface area (Å²) in [4.78, 5) is 13.8. The van der Waals surface area contributed by atoms with E-state index in [-0.39, 0.29) is 12.0 Å². The van der Waals surface area contributed by atoms with Gasteiger partial charge in [-0.05, 0) is 33.6 Å². The number of hydrogen-bond donors (Lipinski definition) is 2. The minimum Gasteiger partial charge on any atom is -0.444 e. The number of aromatic amines is 1. The van der Waals surface area contributed by atoms with Crippen LogP contribution in [0.4, 0.5) is 10.5 Å². The molecule has 1 aromatic rings. The van der Waals surface area contributed by atoms with Crippen molar-refractivity contribution in [3.8, 4) is 0 Å². The zero-order chi connectivity index (χ0) is 14.0. The van der Waals surface area contributed by atoms with Crippen LogP contribution in [0, 0.1) is 0 Å². The van der Waals surface area contributed by atoms with Gasteiger partial charge in [-0.15, -0.1) is 0 Å². The Morgan fingerprint density at radius 2 is 2.32 bits per heavy atom. The van der Waals surface area contributed by atoms with Gasteiger partial charge in [-0.25, -0.2) is 4.79 Å². The van der Waals surface area contributed by atoms with Gasteiger partial charge in [0.05, 0.1) is 17.6 Å². The Morgan fingerprint density at radius 1 is 1.58 bits per heavy atom. The molecule has 19 heavy (non-hydrogen) atoms. The Hall–Kier alpha value is -1.72. The molecule has 1 saturated heterocycles. The number of piperidine rings is 1. The number of nitrogen functional groups attached to an aromatic ring is 1. The van der Waals surface area contributed by atoms with Crippen LogP contribution in [0.5, 0.6) is 0 Å². The molecule has 0 aromatic carbocycles. The second-order valence-corrected chi connectivity index (χ2v) is 6.00. The molecule has 0 radical (unpaired) electrons. The average molecular weight is 266 g/mol. The van der Waals surface area contributed by atoms with E-state index in [9.17, 15) is 4.79 Å². The third kappa shape index (κ3) is 3.39. The first-order valence-corrected chi connectivity index (χ1v) is 6.63. The van der Waals surface area contributed by atoms with Gasteiger partial charge >= 0.3 is 6.09 Å². The Labute approximate surface area is 113 Å². The lowest BCUT2D eigenvalue weighted by molar-refractivity contribution is 0.0197. The van der Waals surface area contributed by atoms with Crippen LogP contribution >= 0.6 is 0 Å². The molecule has 3 N–H and O–H groups in total. The SMILES string of the molecule is CC(C)(C)OC(=O)N1CCCC(c2[nH]ncc2N)C1. The number of hydrogen-bond acceptors (Lipinski definition) is 4. The molecule has 1 aliphatic heterocycles. The predicted octanol–water partition coefficient (Wildman–Crippen LogP) is 2.11. The van der Waals surface area contributed by atoms with Gasteiger partial charge < -0.3 is 15.4 Å². The van der Waals surface area contributed by atoms with E-state index in [0.717, 1.165) is 25.1 Å². The van der Waals surface area contributed by atoms with Gasteiger partial charge in [0.25, 0.3) is 0 Å². The first-order valence-electron chi connectivity index (χ1n) is 6.63. The molecule has 0 bridgehead atoms. The zero-order valence-electron chi connectivity index (χ0n) is 11.8. The number of anilines is 1. The molecule has 0 saturated carbocycles. The van der Waals surface area contributed by atoms with E-state index in [1.807, 2.05) is 20.8 Å². The van der Waals surface area contributed by atoms with Gasteiger partial charge in [0.1, 0.15) is 5.60 Å². The van der Waals surface area contributed by atoms with Crippen LogP contribution in [-0.2, 0) is 4.74 Å². The minimum absolute atomic E-state index is 0.212. The van der Waals surface area contributed by atoms with Gasteiger partial charge in [-0.3, -0.25) is 5.10 Å². The molecule has 106 valence electrons. The third-order valence-corrected chi connectivity index (χ3v) is 3.18. The van der Waals surface area contributed by atoms with Crippen molar-refractivity contribution in [2.45, 2.75) is 45.1 Å². The highest BCUT2D eigenvalue weighted by atomic mass is 16.6. The molecule has 2 rings (SSSR count). The zero-order valence-corrected chi connectivity index (χ0v) is 11.8. The highest BCUT2D eigenvalue weighted by Gasteiger charge is 2.29. The molecule has 1 aromatic heterocycles. The van der Waals surface area contributed by atoms with Gasteiger partial charge in [-0.2, -0.15) is 5.10 Å². The van der Waals surface area contributed by atoms with Gasteiger partial charge in [0.2, 0.25) is 0 Å². The van der Waals surface area contributed by atoms with Crippen molar-refractivity contribution in [1.29, 1.82) is 0 Å². The number of nitrogens with one attached hydrogen (secondary N) is 1. The van der Waals surface area contributed by atoms with E-state index < -0.39 is 5.60 Å². The number of H-pyrrole nitrogens is 1. The number of aromatic nitrogens is 2. The van der Waals surface area contributed by atoms with E-state index in [0.29, 0.717) is 12.2 Å². The molecular weight excluding hydrogens is 244 g/mol. The highest BCUT2D eigenvalue weighted by molar-refractivity contribution is 5.68. The molecule has 0 aliphatic carbocycles. The lowest BCUT2D eigenvalue weighted by atomic mass is 9.94. The maximum atomic E-state index is 12.1. The molecule has 1 amide bonds. The van der Waals surface area contributed by atoms with E-state index in [1.165, 1.54) is 0 Å². The van der Waals surface area contributed by atoms with Crippen molar-refractivity contribution in [1.82, 2.24) is 15.1 Å². The van der Waals surface area contributed by atoms with Crippen LogP contribution in [0.3, 0.4) is 0 Å². The van der Waals surface area contributed by atoms with Crippen LogP contribution in [0.1, 0.15) is 45.2 Å². The van der Waals surface area contributed by atoms with E-state index >= 15 is 0 Å². The first kappa shape index (κ1) is 13.7. The number of rotatable bonds is 1. The summed E-state index contributed by atoms with van der Waals surface area (Å²) in [6.07, 6.45) is 3.31. The Kier molecular flexibility index (Phi) is 3.68. The van der Waals surface area contributed by atoms with Crippen molar-refractivity contribution >= 4 is 11.8 Å². The number of carbonyl (C=O) groups is 1. The lowest BCUT2D eigenvalue weighted by Gasteiger charge is -2.33. The van der Waals surface area contributed by atoms with Crippen LogP contribution in [-0.4, -0.2) is 39.9 Å². The van der Waals surface area contributed by atoms with Crippen molar-refractivity contribution in [2.75, 3.05) is 18.8 Å². The average Bonchev–Trinajstić information content (AvgIpc) is 2.73. The fraction of sp³-hybridized carbons (Fsp3) is 0.692. The van der Waals surface area contributed by atoms with Crippen molar-refractivity contribution in [2.24, 2.45) is 0 Å². The smallest absolute Gasteiger partial charge is 0.410 e. The quantitative estimate of drug-likeness (QED) is 0.815. The summed E-state index contributed by atoms with van der Waals surface area (Å²) in [5, 5.41) is 6.87. The number of carbonyl (C=O) groups excluding carboxylic acids is 1. The van der Waals surface area contributed by atoms with Crippen molar-refractivity contribution in [3.05, 3.63) is 11.9 Å². The second kappa shape index (κ2) is 5.11. The van der Waals surface area contributed by atoms with Crippen LogP contribution in [0.25, 0.3) is 0 Å². The number of amides is 1. The normalized spacial score (nSPS) is 20.4. The fourth-order valence-electron chi connectivity index (χ4n) is 2.34. The number of ether oxygens (including phenoxy) is 1. The number of nitrogens with zero attached hydrogens (tertiary/aromatic N) is 2. The summed E-state index contributed by atoms with van der Waals surface area (Å²) < 4.78 is 5.40. The molecule has 2 heterocycles. The Balaban J connectivity index is 2.01. The predicted molar refractivity (Wildman–Crippen MR) is 72.8 cm³/mol. The van der Waals surface area contributed by atoms with Crippen LogP contribution in [0.2, 0.25) is 0 Å². The lowest BCUT2D eigenvalue weighted by Crippen LogP contribution is -2.42. The molecule has 6 heteroatoms. The van der Waals surface area contributed by atoms with Gasteiger partial charge in [0, 0.05) is 19.0 Å². The summed E-state index contributed by atoms with van der Waals surface area (Å²) in [6.45, 7) is 6.98. The largest absolute Gasteiger partial charge is 0.444 e. The summed E-state index contributed by atoms with van der Waals surface area (Å²) >= 11 is 0. The second-order valence-electron chi connectivity index (χ2n) is 6.00. The molecule has 1 atom stereocenters. The highest BCUT2D eigenvalue weighted by Crippen LogP contribution is 2.29. The molecule has 6 nitrogen and oxygen atoms in total. The van der Waals surface area contributed by atoms with E-state index in [1.54, 1.807) is 11.1 Å². The summed E-state index contributed by atoms with van der Waals surface area (Å²) in [5.41, 5.74) is 6.99. The maximum Gasteiger partial charge on any atom is 0.410 e. The molecule has 1 aliphatic rings. The minimum atomic E-state index is -0.461. The maximum absolute atomic E-state index is 12.1. The van der Waals surface area contributed by atoms with Gasteiger partial charge in [-0.1, -0.05) is 0 Å². The van der Waals surface area contributed by atoms with Crippen LogP contribution < -0.4 is 5.73 Å². The first-order chi connectivity index (χ1) is 8.87. The van der Waals surface area contributed by atoms with E-state index in [4.69, 9.17) is 10.5 Å². The number of likely N-dealkylation sites (tertiary alicyclic amines) is 1. The molecule has 0 spiro atoms. The monoisotopic (exact) mass is 266 g/mol. The number of nitrogens with two attached hydrogens (primary N) is 1. The Bertz CT molecular complexity index is 450. The fourth-order valence-corrected chi connectivity index (χ4v) is 2.34.